The fourth-order valence-corrected chi connectivity index (χ4v) is 3.85. The van der Waals surface area contributed by atoms with E-state index in [1.807, 2.05) is 68.4 Å². The molecule has 0 amide bonds. The van der Waals surface area contributed by atoms with Crippen LogP contribution in [0.5, 0.6) is 0 Å². The van der Waals surface area contributed by atoms with Gasteiger partial charge >= 0.3 is 0 Å². The predicted octanol–water partition coefficient (Wildman–Crippen LogP) is 6.02. The van der Waals surface area contributed by atoms with Crippen LogP contribution in [0.2, 0.25) is 0 Å². The molecule has 3 aromatic rings. The Balaban J connectivity index is 1.57. The van der Waals surface area contributed by atoms with Crippen LogP contribution in [0.3, 0.4) is 0 Å². The van der Waals surface area contributed by atoms with E-state index in [2.05, 4.69) is 48.6 Å². The molecule has 1 aliphatic rings. The maximum absolute atomic E-state index is 6.46. The van der Waals surface area contributed by atoms with E-state index in [9.17, 15) is 0 Å². The van der Waals surface area contributed by atoms with Crippen LogP contribution in [-0.4, -0.2) is 30.7 Å². The SMILES string of the molecule is CC1(C)OC[C@H]([C@@H](OCc2ccccc2)[C@@H](/C=C/c2ccccc2)OCc2ccccc2)O1. The summed E-state index contributed by atoms with van der Waals surface area (Å²) in [6.07, 6.45) is 3.25. The highest BCUT2D eigenvalue weighted by atomic mass is 16.8. The van der Waals surface area contributed by atoms with Crippen molar-refractivity contribution in [2.45, 2.75) is 51.2 Å². The third kappa shape index (κ3) is 7.11. The molecule has 172 valence electrons. The minimum Gasteiger partial charge on any atom is -0.368 e. The van der Waals surface area contributed by atoms with Gasteiger partial charge in [0, 0.05) is 0 Å². The molecule has 0 saturated carbocycles. The molecule has 4 nitrogen and oxygen atoms in total. The largest absolute Gasteiger partial charge is 0.368 e. The molecule has 1 aliphatic heterocycles. The van der Waals surface area contributed by atoms with Gasteiger partial charge in [0.15, 0.2) is 5.79 Å². The highest BCUT2D eigenvalue weighted by Crippen LogP contribution is 2.29. The van der Waals surface area contributed by atoms with Crippen LogP contribution in [0.25, 0.3) is 6.08 Å². The van der Waals surface area contributed by atoms with Crippen LogP contribution in [0.4, 0.5) is 0 Å². The molecule has 1 heterocycles. The molecule has 1 fully saturated rings. The summed E-state index contributed by atoms with van der Waals surface area (Å²) in [6, 6.07) is 30.6. The smallest absolute Gasteiger partial charge is 0.163 e. The molecule has 0 N–H and O–H groups in total. The second-order valence-corrected chi connectivity index (χ2v) is 8.66. The zero-order valence-electron chi connectivity index (χ0n) is 19.3. The summed E-state index contributed by atoms with van der Waals surface area (Å²) in [7, 11) is 0. The fraction of sp³-hybridized carbons (Fsp3) is 0.310. The number of hydrogen-bond donors (Lipinski definition) is 0. The Morgan fingerprint density at radius 3 is 1.91 bits per heavy atom. The molecule has 3 atom stereocenters. The van der Waals surface area contributed by atoms with E-state index in [1.54, 1.807) is 0 Å². The van der Waals surface area contributed by atoms with Crippen molar-refractivity contribution in [3.63, 3.8) is 0 Å². The van der Waals surface area contributed by atoms with Gasteiger partial charge in [-0.25, -0.2) is 0 Å². The predicted molar refractivity (Wildman–Crippen MR) is 130 cm³/mol. The molecule has 4 heteroatoms. The molecule has 0 spiro atoms. The molecule has 0 aliphatic carbocycles. The first-order chi connectivity index (χ1) is 16.1. The van der Waals surface area contributed by atoms with E-state index in [0.717, 1.165) is 16.7 Å². The van der Waals surface area contributed by atoms with E-state index < -0.39 is 5.79 Å². The lowest BCUT2D eigenvalue weighted by molar-refractivity contribution is -0.173. The fourth-order valence-electron chi connectivity index (χ4n) is 3.85. The Morgan fingerprint density at radius 2 is 1.36 bits per heavy atom. The number of hydrogen-bond acceptors (Lipinski definition) is 4. The summed E-state index contributed by atoms with van der Waals surface area (Å²) in [4.78, 5) is 0. The molecular formula is C29H32O4. The lowest BCUT2D eigenvalue weighted by atomic mass is 10.1. The van der Waals surface area contributed by atoms with Crippen LogP contribution < -0.4 is 0 Å². The standard InChI is InChI=1S/C29H32O4/c1-29(2)32-22-27(33-29)28(31-21-25-16-10-5-11-17-25)26(19-18-23-12-6-3-7-13-23)30-20-24-14-8-4-9-15-24/h3-19,26-28H,20-22H2,1-2H3/b19-18+/t26-,27-,28+/m1/s1. The van der Waals surface area contributed by atoms with Gasteiger partial charge < -0.3 is 18.9 Å². The minimum absolute atomic E-state index is 0.245. The third-order valence-electron chi connectivity index (χ3n) is 5.57. The average molecular weight is 445 g/mol. The van der Waals surface area contributed by atoms with Gasteiger partial charge in [0.2, 0.25) is 0 Å². The quantitative estimate of drug-likeness (QED) is 0.383. The van der Waals surface area contributed by atoms with E-state index in [0.29, 0.717) is 19.8 Å². The third-order valence-corrected chi connectivity index (χ3v) is 5.57. The highest BCUT2D eigenvalue weighted by molar-refractivity contribution is 5.49. The van der Waals surface area contributed by atoms with Gasteiger partial charge in [0.25, 0.3) is 0 Å². The van der Waals surface area contributed by atoms with Crippen molar-refractivity contribution in [3.05, 3.63) is 114 Å². The molecule has 3 aromatic carbocycles. The van der Waals surface area contributed by atoms with Crippen LogP contribution >= 0.6 is 0 Å². The van der Waals surface area contributed by atoms with E-state index in [4.69, 9.17) is 18.9 Å². The van der Waals surface area contributed by atoms with Crippen molar-refractivity contribution in [1.82, 2.24) is 0 Å². The van der Waals surface area contributed by atoms with Crippen molar-refractivity contribution >= 4 is 6.08 Å². The van der Waals surface area contributed by atoms with Crippen molar-refractivity contribution in [2.75, 3.05) is 6.61 Å². The lowest BCUT2D eigenvalue weighted by Gasteiger charge is -2.30. The first-order valence-corrected chi connectivity index (χ1v) is 11.5. The molecule has 0 bridgehead atoms. The van der Waals surface area contributed by atoms with E-state index in [1.165, 1.54) is 0 Å². The Morgan fingerprint density at radius 1 is 0.818 bits per heavy atom. The van der Waals surface area contributed by atoms with Crippen LogP contribution in [0.1, 0.15) is 30.5 Å². The Bertz CT molecular complexity index is 986. The zero-order valence-corrected chi connectivity index (χ0v) is 19.3. The average Bonchev–Trinajstić information content (AvgIpc) is 3.21. The molecule has 0 radical (unpaired) electrons. The molecule has 33 heavy (non-hydrogen) atoms. The summed E-state index contributed by atoms with van der Waals surface area (Å²) in [5, 5.41) is 0. The Hall–Kier alpha value is -2.76. The summed E-state index contributed by atoms with van der Waals surface area (Å²) in [5.74, 6) is -0.647. The van der Waals surface area contributed by atoms with E-state index >= 15 is 0 Å². The molecular weight excluding hydrogens is 412 g/mol. The van der Waals surface area contributed by atoms with Crippen molar-refractivity contribution < 1.29 is 18.9 Å². The zero-order chi connectivity index (χ0) is 22.9. The molecule has 0 aromatic heterocycles. The summed E-state index contributed by atoms with van der Waals surface area (Å²) in [6.45, 7) is 5.27. The van der Waals surface area contributed by atoms with Crippen molar-refractivity contribution in [3.8, 4) is 0 Å². The van der Waals surface area contributed by atoms with Crippen molar-refractivity contribution in [2.24, 2.45) is 0 Å². The summed E-state index contributed by atoms with van der Waals surface area (Å²) >= 11 is 0. The first kappa shape index (κ1) is 23.4. The lowest BCUT2D eigenvalue weighted by Crippen LogP contribution is -2.42. The molecule has 0 unspecified atom stereocenters. The van der Waals surface area contributed by atoms with Gasteiger partial charge in [-0.15, -0.1) is 0 Å². The van der Waals surface area contributed by atoms with Gasteiger partial charge in [-0.05, 0) is 30.5 Å². The van der Waals surface area contributed by atoms with Gasteiger partial charge in [-0.2, -0.15) is 0 Å². The van der Waals surface area contributed by atoms with E-state index in [-0.39, 0.29) is 18.3 Å². The van der Waals surface area contributed by atoms with Crippen LogP contribution in [-0.2, 0) is 32.2 Å². The number of rotatable bonds is 10. The summed E-state index contributed by atoms with van der Waals surface area (Å²) < 4.78 is 25.0. The Kier molecular flexibility index (Phi) is 8.08. The first-order valence-electron chi connectivity index (χ1n) is 11.5. The van der Waals surface area contributed by atoms with Gasteiger partial charge in [-0.3, -0.25) is 0 Å². The normalized spacial score (nSPS) is 19.5. The van der Waals surface area contributed by atoms with Crippen LogP contribution in [0, 0.1) is 0 Å². The Labute approximate surface area is 196 Å². The number of benzene rings is 3. The summed E-state index contributed by atoms with van der Waals surface area (Å²) in [5.41, 5.74) is 3.33. The highest BCUT2D eigenvalue weighted by Gasteiger charge is 2.41. The maximum atomic E-state index is 6.46. The second kappa shape index (κ2) is 11.4. The van der Waals surface area contributed by atoms with Gasteiger partial charge in [0.05, 0.1) is 19.8 Å². The second-order valence-electron chi connectivity index (χ2n) is 8.66. The number of ether oxygens (including phenoxy) is 4. The maximum Gasteiger partial charge on any atom is 0.163 e. The minimum atomic E-state index is -0.647. The van der Waals surface area contributed by atoms with Gasteiger partial charge in [0.1, 0.15) is 18.3 Å². The molecule has 4 rings (SSSR count). The van der Waals surface area contributed by atoms with Crippen molar-refractivity contribution in [1.29, 1.82) is 0 Å². The van der Waals surface area contributed by atoms with Gasteiger partial charge in [-0.1, -0.05) is 103 Å². The topological polar surface area (TPSA) is 36.9 Å². The van der Waals surface area contributed by atoms with Crippen LogP contribution in [0.15, 0.2) is 97.1 Å². The monoisotopic (exact) mass is 444 g/mol. The molecule has 1 saturated heterocycles.